The van der Waals surface area contributed by atoms with Gasteiger partial charge in [0.15, 0.2) is 0 Å². The van der Waals surface area contributed by atoms with Gasteiger partial charge in [-0.05, 0) is 48.4 Å². The second kappa shape index (κ2) is 6.06. The maximum absolute atomic E-state index is 13.1. The van der Waals surface area contributed by atoms with E-state index in [0.29, 0.717) is 5.56 Å². The Kier molecular flexibility index (Phi) is 4.19. The molecule has 0 bridgehead atoms. The van der Waals surface area contributed by atoms with Crippen molar-refractivity contribution >= 4 is 11.7 Å². The molecule has 2 aromatic carbocycles. The van der Waals surface area contributed by atoms with Gasteiger partial charge in [0.1, 0.15) is 12.4 Å². The molecule has 106 valence electrons. The molecule has 0 radical (unpaired) electrons. The van der Waals surface area contributed by atoms with E-state index < -0.39 is 11.8 Å². The molecule has 5 heteroatoms. The highest BCUT2D eigenvalue weighted by Gasteiger charge is 2.13. The molecule has 0 amide bonds. The van der Waals surface area contributed by atoms with Gasteiger partial charge in [-0.3, -0.25) is 0 Å². The zero-order chi connectivity index (χ0) is 15.4. The number of hydrogen-bond donors (Lipinski definition) is 1. The minimum atomic E-state index is -0.684. The summed E-state index contributed by atoms with van der Waals surface area (Å²) in [5.74, 6) is -1.23. The summed E-state index contributed by atoms with van der Waals surface area (Å²) in [6.07, 6.45) is 0. The minimum absolute atomic E-state index is 0.00120. The summed E-state index contributed by atoms with van der Waals surface area (Å²) in [6.45, 7) is 1.85. The third-order valence-corrected chi connectivity index (χ3v) is 3.07. The number of nitriles is 1. The summed E-state index contributed by atoms with van der Waals surface area (Å²) in [4.78, 5) is 11.9. The Morgan fingerprint density at radius 2 is 2.10 bits per heavy atom. The van der Waals surface area contributed by atoms with Crippen molar-refractivity contribution in [2.45, 2.75) is 13.5 Å². The molecular weight excluding hydrogens is 271 g/mol. The Balaban J connectivity index is 2.11. The van der Waals surface area contributed by atoms with Crippen LogP contribution >= 0.6 is 0 Å². The molecule has 21 heavy (non-hydrogen) atoms. The van der Waals surface area contributed by atoms with E-state index in [1.807, 2.05) is 13.0 Å². The number of anilines is 1. The van der Waals surface area contributed by atoms with Crippen molar-refractivity contribution in [2.75, 3.05) is 5.73 Å². The molecule has 0 saturated heterocycles. The number of benzene rings is 2. The number of rotatable bonds is 3. The monoisotopic (exact) mass is 284 g/mol. The summed E-state index contributed by atoms with van der Waals surface area (Å²) >= 11 is 0. The van der Waals surface area contributed by atoms with Gasteiger partial charge in [-0.2, -0.15) is 5.26 Å². The van der Waals surface area contributed by atoms with Crippen molar-refractivity contribution in [3.63, 3.8) is 0 Å². The van der Waals surface area contributed by atoms with Crippen molar-refractivity contribution in [3.05, 3.63) is 64.5 Å². The number of nitrogen functional groups attached to an aromatic ring is 1. The van der Waals surface area contributed by atoms with Crippen LogP contribution in [0.4, 0.5) is 10.1 Å². The molecule has 0 aliphatic rings. The Labute approximate surface area is 121 Å². The van der Waals surface area contributed by atoms with E-state index in [0.717, 1.165) is 17.2 Å². The van der Waals surface area contributed by atoms with Crippen LogP contribution in [-0.2, 0) is 11.3 Å². The van der Waals surface area contributed by atoms with Gasteiger partial charge in [-0.1, -0.05) is 6.07 Å². The Bertz CT molecular complexity index is 736. The average molecular weight is 284 g/mol. The molecule has 0 heterocycles. The van der Waals surface area contributed by atoms with Crippen LogP contribution in [0.2, 0.25) is 0 Å². The number of halogens is 1. The van der Waals surface area contributed by atoms with Crippen LogP contribution in [-0.4, -0.2) is 5.97 Å². The van der Waals surface area contributed by atoms with Crippen LogP contribution < -0.4 is 5.73 Å². The van der Waals surface area contributed by atoms with E-state index in [-0.39, 0.29) is 17.9 Å². The van der Waals surface area contributed by atoms with Crippen molar-refractivity contribution in [2.24, 2.45) is 0 Å². The van der Waals surface area contributed by atoms with Gasteiger partial charge < -0.3 is 10.5 Å². The molecule has 4 nitrogen and oxygen atoms in total. The first-order valence-electron chi connectivity index (χ1n) is 6.23. The summed E-state index contributed by atoms with van der Waals surface area (Å²) in [5.41, 5.74) is 7.95. The molecule has 0 aromatic heterocycles. The van der Waals surface area contributed by atoms with Crippen molar-refractivity contribution in [1.82, 2.24) is 0 Å². The highest BCUT2D eigenvalue weighted by Crippen LogP contribution is 2.17. The topological polar surface area (TPSA) is 76.1 Å². The minimum Gasteiger partial charge on any atom is -0.457 e. The van der Waals surface area contributed by atoms with E-state index in [9.17, 15) is 9.18 Å². The number of carbonyl (C=O) groups excluding carboxylic acids is 1. The van der Waals surface area contributed by atoms with E-state index in [1.54, 1.807) is 18.2 Å². The van der Waals surface area contributed by atoms with Gasteiger partial charge in [0.2, 0.25) is 0 Å². The number of ether oxygens (including phenoxy) is 1. The number of nitrogens with zero attached hydrogens (tertiary/aromatic N) is 1. The van der Waals surface area contributed by atoms with Gasteiger partial charge in [-0.25, -0.2) is 9.18 Å². The molecule has 0 aliphatic carbocycles. The van der Waals surface area contributed by atoms with Crippen LogP contribution in [0.5, 0.6) is 0 Å². The zero-order valence-corrected chi connectivity index (χ0v) is 11.4. The Morgan fingerprint density at radius 3 is 2.76 bits per heavy atom. The standard InChI is InChI=1S/C16H13FN2O2/c1-10-6-11(8-18)2-3-12(10)9-21-16(20)14-7-13(17)4-5-15(14)19/h2-7H,9,19H2,1H3. The Morgan fingerprint density at radius 1 is 1.33 bits per heavy atom. The fourth-order valence-electron chi connectivity index (χ4n) is 1.85. The van der Waals surface area contributed by atoms with Gasteiger partial charge in [0.25, 0.3) is 0 Å². The van der Waals surface area contributed by atoms with Gasteiger partial charge in [0, 0.05) is 5.69 Å². The number of esters is 1. The third kappa shape index (κ3) is 3.37. The van der Waals surface area contributed by atoms with Crippen molar-refractivity contribution in [3.8, 4) is 6.07 Å². The Hall–Kier alpha value is -2.87. The number of hydrogen-bond acceptors (Lipinski definition) is 4. The molecule has 2 N–H and O–H groups in total. The first kappa shape index (κ1) is 14.5. The van der Waals surface area contributed by atoms with Gasteiger partial charge >= 0.3 is 5.97 Å². The van der Waals surface area contributed by atoms with Crippen molar-refractivity contribution < 1.29 is 13.9 Å². The number of nitrogens with two attached hydrogens (primary N) is 1. The van der Waals surface area contributed by atoms with E-state index >= 15 is 0 Å². The fourth-order valence-corrected chi connectivity index (χ4v) is 1.85. The lowest BCUT2D eigenvalue weighted by Gasteiger charge is -2.09. The van der Waals surface area contributed by atoms with Crippen molar-refractivity contribution in [1.29, 1.82) is 5.26 Å². The SMILES string of the molecule is Cc1cc(C#N)ccc1COC(=O)c1cc(F)ccc1N. The highest BCUT2D eigenvalue weighted by molar-refractivity contribution is 5.95. The second-order valence-electron chi connectivity index (χ2n) is 4.56. The molecular formula is C16H13FN2O2. The molecule has 0 atom stereocenters. The first-order valence-corrected chi connectivity index (χ1v) is 6.23. The van der Waals surface area contributed by atoms with Gasteiger partial charge in [0.05, 0.1) is 17.2 Å². The lowest BCUT2D eigenvalue weighted by atomic mass is 10.1. The van der Waals surface area contributed by atoms with Gasteiger partial charge in [-0.15, -0.1) is 0 Å². The molecule has 0 fully saturated rings. The maximum Gasteiger partial charge on any atom is 0.340 e. The number of carbonyl (C=O) groups is 1. The van der Waals surface area contributed by atoms with Crippen LogP contribution in [0.3, 0.4) is 0 Å². The van der Waals surface area contributed by atoms with Crippen LogP contribution in [0.15, 0.2) is 36.4 Å². The van der Waals surface area contributed by atoms with E-state index in [1.165, 1.54) is 12.1 Å². The van der Waals surface area contributed by atoms with Crippen LogP contribution in [0.1, 0.15) is 27.0 Å². The molecule has 2 rings (SSSR count). The molecule has 0 spiro atoms. The average Bonchev–Trinajstić information content (AvgIpc) is 2.48. The smallest absolute Gasteiger partial charge is 0.340 e. The zero-order valence-electron chi connectivity index (χ0n) is 11.4. The third-order valence-electron chi connectivity index (χ3n) is 3.07. The van der Waals surface area contributed by atoms with Crippen LogP contribution in [0.25, 0.3) is 0 Å². The fraction of sp³-hybridized carbons (Fsp3) is 0.125. The quantitative estimate of drug-likeness (QED) is 0.694. The molecule has 0 unspecified atom stereocenters. The lowest BCUT2D eigenvalue weighted by Crippen LogP contribution is -2.09. The molecule has 0 saturated carbocycles. The number of aryl methyl sites for hydroxylation is 1. The predicted molar refractivity (Wildman–Crippen MR) is 75.8 cm³/mol. The second-order valence-corrected chi connectivity index (χ2v) is 4.56. The first-order chi connectivity index (χ1) is 10.0. The normalized spacial score (nSPS) is 9.95. The van der Waals surface area contributed by atoms with E-state index in [4.69, 9.17) is 15.7 Å². The molecule has 0 aliphatic heterocycles. The highest BCUT2D eigenvalue weighted by atomic mass is 19.1. The summed E-state index contributed by atoms with van der Waals surface area (Å²) < 4.78 is 18.3. The lowest BCUT2D eigenvalue weighted by molar-refractivity contribution is 0.0473. The largest absolute Gasteiger partial charge is 0.457 e. The van der Waals surface area contributed by atoms with Crippen LogP contribution in [0, 0.1) is 24.1 Å². The summed E-state index contributed by atoms with van der Waals surface area (Å²) in [7, 11) is 0. The predicted octanol–water partition coefficient (Wildman–Crippen LogP) is 2.95. The van der Waals surface area contributed by atoms with E-state index in [2.05, 4.69) is 0 Å². The summed E-state index contributed by atoms with van der Waals surface area (Å²) in [5, 5.41) is 8.79. The summed E-state index contributed by atoms with van der Waals surface area (Å²) in [6, 6.07) is 10.6. The molecule has 2 aromatic rings. The maximum atomic E-state index is 13.1.